The molecule has 1 aliphatic rings. The summed E-state index contributed by atoms with van der Waals surface area (Å²) in [6, 6.07) is 13.3. The Labute approximate surface area is 183 Å². The molecule has 0 saturated carbocycles. The summed E-state index contributed by atoms with van der Waals surface area (Å²) < 4.78 is 5.41. The second-order valence-corrected chi connectivity index (χ2v) is 8.33. The molecule has 158 valence electrons. The third-order valence-electron chi connectivity index (χ3n) is 5.05. The maximum Gasteiger partial charge on any atom is 0.277 e. The fraction of sp³-hybridized carbons (Fsp3) is 0.333. The standard InChI is InChI=1S/C24H28ClN3O2/c1-5-12-28-21-11-10-18(13-19(21)17(2)14-24(28,3)4)15-26-27-23(29)16-30-22-9-7-6-8-20(22)25/h6-11,13-15H,5,12,16H2,1-4H3,(H,27,29)/b26-15+. The zero-order valence-electron chi connectivity index (χ0n) is 17.9. The summed E-state index contributed by atoms with van der Waals surface area (Å²) in [7, 11) is 0. The van der Waals surface area contributed by atoms with Crippen LogP contribution in [0.1, 0.15) is 45.2 Å². The van der Waals surface area contributed by atoms with Crippen molar-refractivity contribution in [1.82, 2.24) is 5.43 Å². The van der Waals surface area contributed by atoms with Crippen LogP contribution in [0.25, 0.3) is 5.57 Å². The first-order chi connectivity index (χ1) is 14.3. The highest BCUT2D eigenvalue weighted by atomic mass is 35.5. The third-order valence-corrected chi connectivity index (χ3v) is 5.36. The second-order valence-electron chi connectivity index (χ2n) is 7.92. The van der Waals surface area contributed by atoms with Crippen molar-refractivity contribution in [2.75, 3.05) is 18.1 Å². The topological polar surface area (TPSA) is 53.9 Å². The number of ether oxygens (including phenoxy) is 1. The zero-order chi connectivity index (χ0) is 21.7. The SMILES string of the molecule is CCCN1c2ccc(/C=N/NC(=O)COc3ccccc3Cl)cc2C(C)=CC1(C)C. The number of nitrogens with one attached hydrogen (secondary N) is 1. The number of anilines is 1. The van der Waals surface area contributed by atoms with Crippen LogP contribution in [0.15, 0.2) is 53.6 Å². The van der Waals surface area contributed by atoms with Crippen LogP contribution in [0.3, 0.4) is 0 Å². The van der Waals surface area contributed by atoms with Crippen LogP contribution in [0.2, 0.25) is 5.02 Å². The van der Waals surface area contributed by atoms with Gasteiger partial charge in [0.2, 0.25) is 0 Å². The van der Waals surface area contributed by atoms with E-state index in [9.17, 15) is 4.79 Å². The van der Waals surface area contributed by atoms with Crippen molar-refractivity contribution in [1.29, 1.82) is 0 Å². The van der Waals surface area contributed by atoms with Gasteiger partial charge in [-0.2, -0.15) is 5.10 Å². The summed E-state index contributed by atoms with van der Waals surface area (Å²) in [5.41, 5.74) is 7.07. The van der Waals surface area contributed by atoms with E-state index in [1.54, 1.807) is 30.5 Å². The molecule has 0 unspecified atom stereocenters. The monoisotopic (exact) mass is 425 g/mol. The third kappa shape index (κ3) is 5.03. The highest BCUT2D eigenvalue weighted by Crippen LogP contribution is 2.39. The number of nitrogens with zero attached hydrogens (tertiary/aromatic N) is 2. The van der Waals surface area contributed by atoms with Crippen LogP contribution in [-0.4, -0.2) is 30.8 Å². The summed E-state index contributed by atoms with van der Waals surface area (Å²) in [6.45, 7) is 9.65. The Morgan fingerprint density at radius 2 is 2.03 bits per heavy atom. The number of hydrogen-bond donors (Lipinski definition) is 1. The number of hydrogen-bond acceptors (Lipinski definition) is 4. The molecule has 6 heteroatoms. The van der Waals surface area contributed by atoms with Crippen molar-refractivity contribution in [2.45, 2.75) is 39.7 Å². The molecule has 1 amide bonds. The molecule has 3 rings (SSSR count). The zero-order valence-corrected chi connectivity index (χ0v) is 18.7. The molecule has 1 aliphatic heterocycles. The first kappa shape index (κ1) is 21.9. The molecule has 30 heavy (non-hydrogen) atoms. The summed E-state index contributed by atoms with van der Waals surface area (Å²) in [5.74, 6) is 0.117. The van der Waals surface area contributed by atoms with E-state index in [1.165, 1.54) is 16.8 Å². The molecule has 0 fully saturated rings. The molecule has 2 aromatic rings. The molecule has 1 heterocycles. The summed E-state index contributed by atoms with van der Waals surface area (Å²) >= 11 is 6.02. The van der Waals surface area contributed by atoms with E-state index < -0.39 is 0 Å². The average Bonchev–Trinajstić information content (AvgIpc) is 2.70. The lowest BCUT2D eigenvalue weighted by Gasteiger charge is -2.43. The van der Waals surface area contributed by atoms with E-state index in [0.717, 1.165) is 18.5 Å². The number of hydrazone groups is 1. The Morgan fingerprint density at radius 3 is 2.77 bits per heavy atom. The van der Waals surface area contributed by atoms with Crippen molar-refractivity contribution in [3.8, 4) is 5.75 Å². The molecule has 0 radical (unpaired) electrons. The highest BCUT2D eigenvalue weighted by Gasteiger charge is 2.30. The van der Waals surface area contributed by atoms with Crippen LogP contribution in [0.5, 0.6) is 5.75 Å². The van der Waals surface area contributed by atoms with E-state index >= 15 is 0 Å². The van der Waals surface area contributed by atoms with Crippen molar-refractivity contribution < 1.29 is 9.53 Å². The van der Waals surface area contributed by atoms with E-state index in [1.807, 2.05) is 6.07 Å². The Hall–Kier alpha value is -2.79. The summed E-state index contributed by atoms with van der Waals surface area (Å²) in [6.07, 6.45) is 5.03. The number of para-hydroxylation sites is 1. The number of fused-ring (bicyclic) bond motifs is 1. The largest absolute Gasteiger partial charge is 0.482 e. The van der Waals surface area contributed by atoms with E-state index in [-0.39, 0.29) is 18.1 Å². The van der Waals surface area contributed by atoms with Gasteiger partial charge in [0.05, 0.1) is 16.8 Å². The highest BCUT2D eigenvalue weighted by molar-refractivity contribution is 6.32. The first-order valence-electron chi connectivity index (χ1n) is 10.1. The summed E-state index contributed by atoms with van der Waals surface area (Å²) in [5, 5.41) is 4.53. The molecule has 0 atom stereocenters. The Morgan fingerprint density at radius 1 is 1.27 bits per heavy atom. The van der Waals surface area contributed by atoms with Crippen LogP contribution in [-0.2, 0) is 4.79 Å². The van der Waals surface area contributed by atoms with Gasteiger partial charge in [-0.25, -0.2) is 5.43 Å². The minimum Gasteiger partial charge on any atom is -0.482 e. The smallest absolute Gasteiger partial charge is 0.277 e. The number of allylic oxidation sites excluding steroid dienone is 1. The quantitative estimate of drug-likeness (QED) is 0.485. The molecule has 5 nitrogen and oxygen atoms in total. The minimum absolute atomic E-state index is 0.0156. The molecular formula is C24H28ClN3O2. The van der Waals surface area contributed by atoms with Gasteiger partial charge < -0.3 is 9.64 Å². The predicted octanol–water partition coefficient (Wildman–Crippen LogP) is 5.28. The maximum absolute atomic E-state index is 12.0. The average molecular weight is 426 g/mol. The van der Waals surface area contributed by atoms with E-state index in [0.29, 0.717) is 10.8 Å². The fourth-order valence-electron chi connectivity index (χ4n) is 3.73. The fourth-order valence-corrected chi connectivity index (χ4v) is 3.92. The van der Waals surface area contributed by atoms with E-state index in [4.69, 9.17) is 16.3 Å². The van der Waals surface area contributed by atoms with Crippen LogP contribution >= 0.6 is 11.6 Å². The Kier molecular flexibility index (Phi) is 6.83. The van der Waals surface area contributed by atoms with Crippen molar-refractivity contribution in [2.24, 2.45) is 5.10 Å². The van der Waals surface area contributed by atoms with Gasteiger partial charge in [0.1, 0.15) is 5.75 Å². The first-order valence-corrected chi connectivity index (χ1v) is 10.5. The van der Waals surface area contributed by atoms with Crippen LogP contribution in [0.4, 0.5) is 5.69 Å². The molecular weight excluding hydrogens is 398 g/mol. The lowest BCUT2D eigenvalue weighted by atomic mass is 9.88. The molecule has 2 aromatic carbocycles. The van der Waals surface area contributed by atoms with Gasteiger partial charge in [-0.05, 0) is 62.6 Å². The number of benzene rings is 2. The number of amides is 1. The van der Waals surface area contributed by atoms with Gasteiger partial charge in [-0.3, -0.25) is 4.79 Å². The number of halogens is 1. The van der Waals surface area contributed by atoms with E-state index in [2.05, 4.69) is 61.3 Å². The molecule has 0 aliphatic carbocycles. The Bertz CT molecular complexity index is 982. The van der Waals surface area contributed by atoms with Crippen molar-refractivity contribution in [3.63, 3.8) is 0 Å². The molecule has 0 spiro atoms. The van der Waals surface area contributed by atoms with Gasteiger partial charge in [-0.1, -0.05) is 42.8 Å². The molecule has 0 saturated heterocycles. The second kappa shape index (κ2) is 9.35. The van der Waals surface area contributed by atoms with Gasteiger partial charge in [0.15, 0.2) is 6.61 Å². The lowest BCUT2D eigenvalue weighted by Crippen LogP contribution is -2.45. The Balaban J connectivity index is 1.65. The predicted molar refractivity (Wildman–Crippen MR) is 124 cm³/mol. The number of carbonyl (C=O) groups is 1. The van der Waals surface area contributed by atoms with Crippen molar-refractivity contribution >= 4 is 35.0 Å². The van der Waals surface area contributed by atoms with Crippen LogP contribution < -0.4 is 15.1 Å². The van der Waals surface area contributed by atoms with Crippen molar-refractivity contribution in [3.05, 3.63) is 64.7 Å². The maximum atomic E-state index is 12.0. The minimum atomic E-state index is -0.351. The van der Waals surface area contributed by atoms with Gasteiger partial charge >= 0.3 is 0 Å². The summed E-state index contributed by atoms with van der Waals surface area (Å²) in [4.78, 5) is 14.4. The molecule has 1 N–H and O–H groups in total. The molecule has 0 aromatic heterocycles. The van der Waals surface area contributed by atoms with Gasteiger partial charge in [-0.15, -0.1) is 0 Å². The van der Waals surface area contributed by atoms with Gasteiger partial charge in [0, 0.05) is 17.8 Å². The normalized spacial score (nSPS) is 15.0. The van der Waals surface area contributed by atoms with Crippen LogP contribution in [0, 0.1) is 0 Å². The number of carbonyl (C=O) groups excluding carboxylic acids is 1. The number of rotatable bonds is 7. The van der Waals surface area contributed by atoms with Gasteiger partial charge in [0.25, 0.3) is 5.91 Å². The molecule has 0 bridgehead atoms. The lowest BCUT2D eigenvalue weighted by molar-refractivity contribution is -0.123.